The van der Waals surface area contributed by atoms with Gasteiger partial charge in [-0.3, -0.25) is 9.69 Å². The van der Waals surface area contributed by atoms with E-state index in [1.807, 2.05) is 13.8 Å². The molecular weight excluding hydrogens is 180 g/mol. The van der Waals surface area contributed by atoms with Crippen molar-refractivity contribution in [2.75, 3.05) is 19.7 Å². The van der Waals surface area contributed by atoms with Crippen molar-refractivity contribution in [2.45, 2.75) is 32.2 Å². The Bertz CT molecular complexity index is 255. The summed E-state index contributed by atoms with van der Waals surface area (Å²) in [5, 5.41) is 8.42. The number of hydrogen-bond donors (Lipinski definition) is 0. The van der Waals surface area contributed by atoms with Crippen LogP contribution in [0.4, 0.5) is 0 Å². The molecule has 0 aliphatic carbocycles. The summed E-state index contributed by atoms with van der Waals surface area (Å²) in [5.41, 5.74) is -0.0939. The van der Waals surface area contributed by atoms with E-state index < -0.39 is 0 Å². The molecule has 0 radical (unpaired) electrons. The molecule has 0 N–H and O–H groups in total. The van der Waals surface area contributed by atoms with Crippen molar-refractivity contribution in [1.82, 2.24) is 4.90 Å². The van der Waals surface area contributed by atoms with Crippen LogP contribution < -0.4 is 0 Å². The van der Waals surface area contributed by atoms with Gasteiger partial charge in [0.25, 0.3) is 0 Å². The van der Waals surface area contributed by atoms with Gasteiger partial charge in [0.15, 0.2) is 0 Å². The Morgan fingerprint density at radius 1 is 1.64 bits per heavy atom. The third kappa shape index (κ3) is 2.71. The van der Waals surface area contributed by atoms with Crippen molar-refractivity contribution < 1.29 is 9.53 Å². The Kier molecular flexibility index (Phi) is 3.48. The smallest absolute Gasteiger partial charge is 0.320 e. The van der Waals surface area contributed by atoms with Crippen LogP contribution in [0.3, 0.4) is 0 Å². The summed E-state index contributed by atoms with van der Waals surface area (Å²) >= 11 is 0. The van der Waals surface area contributed by atoms with Gasteiger partial charge in [-0.15, -0.1) is 0 Å². The van der Waals surface area contributed by atoms with Crippen LogP contribution in [0.15, 0.2) is 0 Å². The van der Waals surface area contributed by atoms with Crippen LogP contribution in [0.1, 0.15) is 26.7 Å². The molecule has 1 heterocycles. The molecule has 0 aromatic carbocycles. The van der Waals surface area contributed by atoms with Crippen molar-refractivity contribution in [3.8, 4) is 6.07 Å². The highest BCUT2D eigenvalue weighted by atomic mass is 16.5. The van der Waals surface area contributed by atoms with Gasteiger partial charge in [-0.05, 0) is 20.3 Å². The fourth-order valence-corrected chi connectivity index (χ4v) is 1.49. The normalized spacial score (nSPS) is 21.4. The number of cyclic esters (lactones) is 1. The van der Waals surface area contributed by atoms with E-state index in [9.17, 15) is 4.79 Å². The van der Waals surface area contributed by atoms with E-state index in [0.717, 1.165) is 13.0 Å². The van der Waals surface area contributed by atoms with Gasteiger partial charge < -0.3 is 4.74 Å². The van der Waals surface area contributed by atoms with Crippen molar-refractivity contribution in [3.63, 3.8) is 0 Å². The molecule has 1 fully saturated rings. The minimum atomic E-state index is -0.165. The lowest BCUT2D eigenvalue weighted by Gasteiger charge is -2.40. The second kappa shape index (κ2) is 4.43. The monoisotopic (exact) mass is 196 g/mol. The molecule has 1 aliphatic rings. The molecule has 4 nitrogen and oxygen atoms in total. The number of morpholine rings is 1. The molecule has 0 aromatic rings. The Morgan fingerprint density at radius 3 is 3.00 bits per heavy atom. The van der Waals surface area contributed by atoms with E-state index in [0.29, 0.717) is 19.6 Å². The molecule has 1 rings (SSSR count). The fraction of sp³-hybridized carbons (Fsp3) is 0.800. The van der Waals surface area contributed by atoms with Crippen LogP contribution in [0, 0.1) is 11.3 Å². The van der Waals surface area contributed by atoms with Crippen molar-refractivity contribution in [1.29, 1.82) is 5.26 Å². The summed E-state index contributed by atoms with van der Waals surface area (Å²) in [4.78, 5) is 13.1. The average Bonchev–Trinajstić information content (AvgIpc) is 2.12. The number of ether oxygens (including phenoxy) is 1. The SMILES string of the molecule is CC1(C)COC(=O)CN1CCCC#N. The first-order valence-corrected chi connectivity index (χ1v) is 4.84. The summed E-state index contributed by atoms with van der Waals surface area (Å²) in [6.07, 6.45) is 1.36. The number of nitriles is 1. The maximum Gasteiger partial charge on any atom is 0.320 e. The lowest BCUT2D eigenvalue weighted by Crippen LogP contribution is -2.54. The number of rotatable bonds is 3. The largest absolute Gasteiger partial charge is 0.463 e. The summed E-state index contributed by atoms with van der Waals surface area (Å²) < 4.78 is 4.98. The molecule has 0 aromatic heterocycles. The molecule has 14 heavy (non-hydrogen) atoms. The van der Waals surface area contributed by atoms with Gasteiger partial charge in [0.2, 0.25) is 0 Å². The summed E-state index contributed by atoms with van der Waals surface area (Å²) in [6.45, 7) is 5.67. The van der Waals surface area contributed by atoms with E-state index in [2.05, 4.69) is 11.0 Å². The molecular formula is C10H16N2O2. The standard InChI is InChI=1S/C10H16N2O2/c1-10(2)8-14-9(13)7-12(10)6-4-3-5-11/h3-4,6-8H2,1-2H3. The van der Waals surface area contributed by atoms with Crippen molar-refractivity contribution in [2.24, 2.45) is 0 Å². The Labute approximate surface area is 84.4 Å². The van der Waals surface area contributed by atoms with Gasteiger partial charge in [0.1, 0.15) is 6.61 Å². The highest BCUT2D eigenvalue weighted by Crippen LogP contribution is 2.19. The maximum absolute atomic E-state index is 11.1. The molecule has 4 heteroatoms. The van der Waals surface area contributed by atoms with Crippen LogP contribution in [0.25, 0.3) is 0 Å². The van der Waals surface area contributed by atoms with Gasteiger partial charge >= 0.3 is 5.97 Å². The number of carbonyl (C=O) groups is 1. The highest BCUT2D eigenvalue weighted by Gasteiger charge is 2.34. The van der Waals surface area contributed by atoms with Gasteiger partial charge in [-0.2, -0.15) is 5.26 Å². The Morgan fingerprint density at radius 2 is 2.36 bits per heavy atom. The zero-order chi connectivity index (χ0) is 10.6. The third-order valence-electron chi connectivity index (χ3n) is 2.48. The topological polar surface area (TPSA) is 53.3 Å². The second-order valence-electron chi connectivity index (χ2n) is 4.16. The van der Waals surface area contributed by atoms with Gasteiger partial charge in [0.05, 0.1) is 18.2 Å². The van der Waals surface area contributed by atoms with Gasteiger partial charge in [-0.25, -0.2) is 0 Å². The van der Waals surface area contributed by atoms with E-state index in [-0.39, 0.29) is 11.5 Å². The molecule has 0 spiro atoms. The number of unbranched alkanes of at least 4 members (excludes halogenated alkanes) is 1. The van der Waals surface area contributed by atoms with Gasteiger partial charge in [0, 0.05) is 13.0 Å². The third-order valence-corrected chi connectivity index (χ3v) is 2.48. The molecule has 0 saturated carbocycles. The average molecular weight is 196 g/mol. The van der Waals surface area contributed by atoms with Crippen LogP contribution in [0.5, 0.6) is 0 Å². The lowest BCUT2D eigenvalue weighted by molar-refractivity contribution is -0.159. The van der Waals surface area contributed by atoms with Crippen molar-refractivity contribution in [3.05, 3.63) is 0 Å². The molecule has 0 bridgehead atoms. The molecule has 1 saturated heterocycles. The number of nitrogens with zero attached hydrogens (tertiary/aromatic N) is 2. The zero-order valence-corrected chi connectivity index (χ0v) is 8.75. The van der Waals surface area contributed by atoms with E-state index >= 15 is 0 Å². The lowest BCUT2D eigenvalue weighted by atomic mass is 10.0. The number of esters is 1. The quantitative estimate of drug-likeness (QED) is 0.497. The predicted octanol–water partition coefficient (Wildman–Crippen LogP) is 0.928. The van der Waals surface area contributed by atoms with Crippen LogP contribution in [0.2, 0.25) is 0 Å². The van der Waals surface area contributed by atoms with Crippen LogP contribution in [-0.4, -0.2) is 36.1 Å². The first-order valence-electron chi connectivity index (χ1n) is 4.84. The zero-order valence-electron chi connectivity index (χ0n) is 8.75. The first kappa shape index (κ1) is 11.0. The summed E-state index contributed by atoms with van der Waals surface area (Å²) in [5.74, 6) is -0.165. The molecule has 0 unspecified atom stereocenters. The first-order chi connectivity index (χ1) is 6.56. The minimum absolute atomic E-state index is 0.0939. The van der Waals surface area contributed by atoms with Crippen LogP contribution >= 0.6 is 0 Å². The molecule has 1 aliphatic heterocycles. The van der Waals surface area contributed by atoms with Crippen molar-refractivity contribution >= 4 is 5.97 Å². The van der Waals surface area contributed by atoms with E-state index in [1.165, 1.54) is 0 Å². The van der Waals surface area contributed by atoms with E-state index in [4.69, 9.17) is 10.00 Å². The number of carbonyl (C=O) groups excluding carboxylic acids is 1. The van der Waals surface area contributed by atoms with Crippen LogP contribution in [-0.2, 0) is 9.53 Å². The second-order valence-corrected chi connectivity index (χ2v) is 4.16. The Balaban J connectivity index is 2.46. The minimum Gasteiger partial charge on any atom is -0.463 e. The summed E-state index contributed by atoms with van der Waals surface area (Å²) in [6, 6.07) is 2.10. The maximum atomic E-state index is 11.1. The number of hydrogen-bond acceptors (Lipinski definition) is 4. The summed E-state index contributed by atoms with van der Waals surface area (Å²) in [7, 11) is 0. The Hall–Kier alpha value is -1.08. The van der Waals surface area contributed by atoms with Gasteiger partial charge in [-0.1, -0.05) is 0 Å². The van der Waals surface area contributed by atoms with E-state index in [1.54, 1.807) is 0 Å². The predicted molar refractivity (Wildman–Crippen MR) is 51.5 cm³/mol. The molecule has 0 amide bonds. The molecule has 78 valence electrons. The molecule has 0 atom stereocenters. The fourth-order valence-electron chi connectivity index (χ4n) is 1.49. The highest BCUT2D eigenvalue weighted by molar-refractivity contribution is 5.72.